The molecule has 0 aliphatic carbocycles. The Bertz CT molecular complexity index is 1570. The molecule has 1 aliphatic heterocycles. The predicted molar refractivity (Wildman–Crippen MR) is 149 cm³/mol. The summed E-state index contributed by atoms with van der Waals surface area (Å²) in [6, 6.07) is 13.1. The molecule has 3 amide bonds. The molecule has 1 atom stereocenters. The molecule has 4 N–H and O–H groups in total. The summed E-state index contributed by atoms with van der Waals surface area (Å²) in [5.41, 5.74) is 3.98. The fourth-order valence-electron chi connectivity index (χ4n) is 4.20. The van der Waals surface area contributed by atoms with Crippen LogP contribution in [0.1, 0.15) is 41.6 Å². The highest BCUT2D eigenvalue weighted by molar-refractivity contribution is 5.96. The van der Waals surface area contributed by atoms with Crippen LogP contribution in [0.2, 0.25) is 0 Å². The van der Waals surface area contributed by atoms with Crippen LogP contribution in [0.15, 0.2) is 75.4 Å². The summed E-state index contributed by atoms with van der Waals surface area (Å²) in [5, 5.41) is 18.5. The topological polar surface area (TPSA) is 178 Å². The van der Waals surface area contributed by atoms with Crippen LogP contribution in [0.5, 0.6) is 11.5 Å². The Morgan fingerprint density at radius 2 is 1.90 bits per heavy atom. The third kappa shape index (κ3) is 6.75. The molecule has 0 unspecified atom stereocenters. The normalized spacial score (nSPS) is 14.6. The fourth-order valence-corrected chi connectivity index (χ4v) is 4.20. The number of carbonyl (C=O) groups is 4. The number of aromatic carboxylic acids is 1. The molecule has 13 nitrogen and oxygen atoms in total. The molecule has 2 aromatic carbocycles. The lowest BCUT2D eigenvalue weighted by atomic mass is 9.95. The van der Waals surface area contributed by atoms with E-state index in [9.17, 15) is 24.3 Å². The highest BCUT2D eigenvalue weighted by Gasteiger charge is 2.32. The monoisotopic (exact) mass is 576 g/mol. The molecule has 0 bridgehead atoms. The molecule has 4 rings (SSSR count). The number of methoxy groups -OCH3 is 1. The number of carboxylic acid groups (broad SMARTS) is 1. The van der Waals surface area contributed by atoms with Gasteiger partial charge in [0.1, 0.15) is 11.5 Å². The van der Waals surface area contributed by atoms with E-state index < -0.39 is 36.5 Å². The third-order valence-corrected chi connectivity index (χ3v) is 6.08. The number of nitrogens with zero attached hydrogens (tertiary/aromatic N) is 1. The van der Waals surface area contributed by atoms with E-state index in [-0.39, 0.29) is 29.2 Å². The van der Waals surface area contributed by atoms with Crippen molar-refractivity contribution in [3.63, 3.8) is 0 Å². The number of benzene rings is 2. The Balaban J connectivity index is 1.39. The van der Waals surface area contributed by atoms with Gasteiger partial charge >= 0.3 is 18.0 Å². The van der Waals surface area contributed by atoms with E-state index in [2.05, 4.69) is 21.2 Å². The minimum atomic E-state index is -1.08. The SMILES string of the molecule is CCOC(=O)C1=C(C)NC(=O)N[C@@H]1c1ccc(OCC(=O)N/N=C\c2ccc(-c3ccccc3C(=O)O)o2)c(OC)c1. The number of hydrogen-bond donors (Lipinski definition) is 4. The Labute approximate surface area is 240 Å². The molecule has 13 heteroatoms. The lowest BCUT2D eigenvalue weighted by Gasteiger charge is -2.28. The van der Waals surface area contributed by atoms with Gasteiger partial charge in [-0.05, 0) is 49.7 Å². The molecule has 0 spiro atoms. The van der Waals surface area contributed by atoms with Crippen LogP contribution in [-0.2, 0) is 14.3 Å². The first-order valence-corrected chi connectivity index (χ1v) is 12.7. The quantitative estimate of drug-likeness (QED) is 0.151. The summed E-state index contributed by atoms with van der Waals surface area (Å²) in [5.74, 6) is -1.09. The number of esters is 1. The zero-order valence-corrected chi connectivity index (χ0v) is 22.9. The second-order valence-electron chi connectivity index (χ2n) is 8.84. The van der Waals surface area contributed by atoms with Crippen molar-refractivity contribution in [2.24, 2.45) is 5.10 Å². The number of rotatable bonds is 11. The summed E-state index contributed by atoms with van der Waals surface area (Å²) in [6.07, 6.45) is 1.27. The van der Waals surface area contributed by atoms with E-state index in [0.29, 0.717) is 28.3 Å². The third-order valence-electron chi connectivity index (χ3n) is 6.08. The first kappa shape index (κ1) is 29.4. The molecule has 42 heavy (non-hydrogen) atoms. The first-order valence-electron chi connectivity index (χ1n) is 12.7. The molecule has 1 aliphatic rings. The highest BCUT2D eigenvalue weighted by Crippen LogP contribution is 2.34. The average molecular weight is 577 g/mol. The smallest absolute Gasteiger partial charge is 0.338 e. The van der Waals surface area contributed by atoms with E-state index in [0.717, 1.165) is 0 Å². The van der Waals surface area contributed by atoms with Gasteiger partial charge in [-0.3, -0.25) is 4.79 Å². The van der Waals surface area contributed by atoms with Gasteiger partial charge in [-0.25, -0.2) is 19.8 Å². The maximum Gasteiger partial charge on any atom is 0.338 e. The molecule has 218 valence electrons. The second kappa shape index (κ2) is 13.2. The van der Waals surface area contributed by atoms with Crippen molar-refractivity contribution in [2.75, 3.05) is 20.3 Å². The van der Waals surface area contributed by atoms with Crippen molar-refractivity contribution in [1.29, 1.82) is 0 Å². The second-order valence-corrected chi connectivity index (χ2v) is 8.84. The summed E-state index contributed by atoms with van der Waals surface area (Å²) >= 11 is 0. The Kier molecular flexibility index (Phi) is 9.22. The van der Waals surface area contributed by atoms with E-state index in [1.54, 1.807) is 62.4 Å². The summed E-state index contributed by atoms with van der Waals surface area (Å²) in [4.78, 5) is 48.5. The predicted octanol–water partition coefficient (Wildman–Crippen LogP) is 3.37. The number of furan rings is 1. The van der Waals surface area contributed by atoms with Crippen molar-refractivity contribution in [2.45, 2.75) is 19.9 Å². The maximum atomic E-state index is 12.6. The van der Waals surface area contributed by atoms with Crippen molar-refractivity contribution < 1.29 is 42.9 Å². The lowest BCUT2D eigenvalue weighted by molar-refractivity contribution is -0.139. The van der Waals surface area contributed by atoms with Gasteiger partial charge < -0.3 is 34.4 Å². The molecular formula is C29H28N4O9. The number of carboxylic acids is 1. The van der Waals surface area contributed by atoms with E-state index in [1.807, 2.05) is 0 Å². The van der Waals surface area contributed by atoms with Gasteiger partial charge in [0.15, 0.2) is 18.1 Å². The van der Waals surface area contributed by atoms with Crippen LogP contribution in [0.3, 0.4) is 0 Å². The van der Waals surface area contributed by atoms with Crippen LogP contribution < -0.4 is 25.5 Å². The van der Waals surface area contributed by atoms with E-state index >= 15 is 0 Å². The van der Waals surface area contributed by atoms with Crippen LogP contribution >= 0.6 is 0 Å². The minimum Gasteiger partial charge on any atom is -0.493 e. The zero-order chi connectivity index (χ0) is 30.2. The number of allylic oxidation sites excluding steroid dienone is 1. The van der Waals surface area contributed by atoms with Gasteiger partial charge in [-0.2, -0.15) is 5.10 Å². The summed E-state index contributed by atoms with van der Waals surface area (Å²) < 4.78 is 21.8. The zero-order valence-electron chi connectivity index (χ0n) is 22.9. The number of nitrogens with one attached hydrogen (secondary N) is 3. The van der Waals surface area contributed by atoms with Gasteiger partial charge in [0.05, 0.1) is 37.1 Å². The van der Waals surface area contributed by atoms with Crippen molar-refractivity contribution in [3.05, 3.63) is 82.8 Å². The Morgan fingerprint density at radius 3 is 2.64 bits per heavy atom. The Hall–Kier alpha value is -5.59. The number of urea groups is 1. The average Bonchev–Trinajstić information content (AvgIpc) is 3.44. The van der Waals surface area contributed by atoms with Gasteiger partial charge in [0, 0.05) is 11.3 Å². The molecule has 3 aromatic rings. The first-order chi connectivity index (χ1) is 20.2. The molecule has 0 saturated carbocycles. The standard InChI is InChI=1S/C29H28N4O9/c1-4-40-28(37)25-16(2)31-29(38)32-26(25)17-9-11-22(23(13-17)39-3)41-15-24(34)33-30-14-18-10-12-21(42-18)19-7-5-6-8-20(19)27(35)36/h5-14,26H,4,15H2,1-3H3,(H,33,34)(H,35,36)(H2,31,32,38)/b30-14-/t26-/m1/s1. The molecule has 0 fully saturated rings. The molecule has 0 saturated heterocycles. The fraction of sp³-hybridized carbons (Fsp3) is 0.207. The molecular weight excluding hydrogens is 548 g/mol. The number of hydrogen-bond acceptors (Lipinski definition) is 9. The van der Waals surface area contributed by atoms with E-state index in [1.165, 1.54) is 19.4 Å². The molecule has 2 heterocycles. The van der Waals surface area contributed by atoms with Gasteiger partial charge in [0.2, 0.25) is 0 Å². The molecule has 1 aromatic heterocycles. The van der Waals surface area contributed by atoms with Crippen molar-refractivity contribution >= 4 is 30.1 Å². The summed E-state index contributed by atoms with van der Waals surface area (Å²) in [7, 11) is 1.41. The van der Waals surface area contributed by atoms with Crippen LogP contribution in [0, 0.1) is 0 Å². The van der Waals surface area contributed by atoms with Gasteiger partial charge in [0.25, 0.3) is 5.91 Å². The highest BCUT2D eigenvalue weighted by atomic mass is 16.5. The van der Waals surface area contributed by atoms with Crippen LogP contribution in [0.4, 0.5) is 4.79 Å². The minimum absolute atomic E-state index is 0.0933. The summed E-state index contributed by atoms with van der Waals surface area (Å²) in [6.45, 7) is 3.06. The van der Waals surface area contributed by atoms with Crippen LogP contribution in [-0.4, -0.2) is 55.5 Å². The number of hydrazone groups is 1. The maximum absolute atomic E-state index is 12.6. The van der Waals surface area contributed by atoms with Gasteiger partial charge in [-0.1, -0.05) is 24.3 Å². The largest absolute Gasteiger partial charge is 0.493 e. The number of ether oxygens (including phenoxy) is 3. The van der Waals surface area contributed by atoms with Crippen molar-refractivity contribution in [3.8, 4) is 22.8 Å². The molecule has 0 radical (unpaired) electrons. The Morgan fingerprint density at radius 1 is 1.12 bits per heavy atom. The lowest BCUT2D eigenvalue weighted by Crippen LogP contribution is -2.45. The number of amides is 3. The van der Waals surface area contributed by atoms with Crippen LogP contribution in [0.25, 0.3) is 11.3 Å². The van der Waals surface area contributed by atoms with Gasteiger partial charge in [-0.15, -0.1) is 0 Å². The number of carbonyl (C=O) groups excluding carboxylic acids is 3. The van der Waals surface area contributed by atoms with Crippen molar-refractivity contribution in [1.82, 2.24) is 16.1 Å². The van der Waals surface area contributed by atoms with E-state index in [4.69, 9.17) is 18.6 Å².